The normalized spacial score (nSPS) is 21.4. The van der Waals surface area contributed by atoms with E-state index in [1.807, 2.05) is 17.0 Å². The molecule has 4 rings (SSSR count). The molecule has 1 aliphatic carbocycles. The minimum absolute atomic E-state index is 0.00000997. The predicted molar refractivity (Wildman–Crippen MR) is 114 cm³/mol. The summed E-state index contributed by atoms with van der Waals surface area (Å²) in [4.78, 5) is 35.7. The molecule has 1 unspecified atom stereocenters. The van der Waals surface area contributed by atoms with Gasteiger partial charge in [-0.1, -0.05) is 50.6 Å². The highest BCUT2D eigenvalue weighted by atomic mass is 16.2. The summed E-state index contributed by atoms with van der Waals surface area (Å²) in [6, 6.07) is 8.16. The van der Waals surface area contributed by atoms with E-state index < -0.39 is 0 Å². The van der Waals surface area contributed by atoms with Crippen LogP contribution in [0.3, 0.4) is 0 Å². The fourth-order valence-electron chi connectivity index (χ4n) is 4.86. The lowest BCUT2D eigenvalue weighted by Crippen LogP contribution is -2.48. The average molecular weight is 394 g/mol. The first-order valence-corrected chi connectivity index (χ1v) is 10.7. The van der Waals surface area contributed by atoms with Crippen LogP contribution in [0.2, 0.25) is 0 Å². The minimum atomic E-state index is -0.215. The molecule has 5 heteroatoms. The van der Waals surface area contributed by atoms with Gasteiger partial charge in [-0.25, -0.2) is 4.98 Å². The first-order valence-electron chi connectivity index (χ1n) is 10.7. The standard InChI is InChI=1S/C24H31N3O2/c1-16-7-5-8-17(13-16)14-19(28)27-12-6-10-24(15-27)11-9-18-20(24)25-22(23(2,3)4)26-21(18)29/h5,7-8,13H,6,9-12,14-15H2,1-4H3,(H,25,26,29). The summed E-state index contributed by atoms with van der Waals surface area (Å²) in [7, 11) is 0. The fraction of sp³-hybridized carbons (Fsp3) is 0.542. The molecule has 2 aliphatic rings. The Kier molecular flexibility index (Phi) is 4.88. The van der Waals surface area contributed by atoms with E-state index in [0.29, 0.717) is 13.0 Å². The molecule has 1 aromatic carbocycles. The molecule has 2 heterocycles. The molecule has 154 valence electrons. The van der Waals surface area contributed by atoms with Crippen molar-refractivity contribution in [3.8, 4) is 0 Å². The van der Waals surface area contributed by atoms with Crippen molar-refractivity contribution in [2.45, 2.75) is 70.6 Å². The van der Waals surface area contributed by atoms with Crippen molar-refractivity contribution in [1.29, 1.82) is 0 Å². The van der Waals surface area contributed by atoms with Crippen LogP contribution in [-0.2, 0) is 28.5 Å². The van der Waals surface area contributed by atoms with E-state index in [9.17, 15) is 9.59 Å². The molecule has 0 bridgehead atoms. The van der Waals surface area contributed by atoms with Crippen molar-refractivity contribution in [3.05, 3.63) is 62.8 Å². The van der Waals surface area contributed by atoms with Crippen LogP contribution in [0.25, 0.3) is 0 Å². The van der Waals surface area contributed by atoms with Gasteiger partial charge >= 0.3 is 0 Å². The third-order valence-electron chi connectivity index (χ3n) is 6.45. The van der Waals surface area contributed by atoms with Crippen molar-refractivity contribution in [1.82, 2.24) is 14.9 Å². The monoisotopic (exact) mass is 393 g/mol. The second-order valence-electron chi connectivity index (χ2n) is 9.86. The summed E-state index contributed by atoms with van der Waals surface area (Å²) >= 11 is 0. The summed E-state index contributed by atoms with van der Waals surface area (Å²) < 4.78 is 0. The summed E-state index contributed by atoms with van der Waals surface area (Å²) in [5.41, 5.74) is 3.61. The maximum absolute atomic E-state index is 13.1. The van der Waals surface area contributed by atoms with Gasteiger partial charge in [0.05, 0.1) is 12.1 Å². The molecule has 2 aromatic rings. The molecular weight excluding hydrogens is 362 g/mol. The zero-order valence-corrected chi connectivity index (χ0v) is 18.0. The maximum atomic E-state index is 13.1. The number of hydrogen-bond donors (Lipinski definition) is 1. The quantitative estimate of drug-likeness (QED) is 0.850. The van der Waals surface area contributed by atoms with E-state index in [-0.39, 0.29) is 22.3 Å². The number of amides is 1. The van der Waals surface area contributed by atoms with E-state index in [0.717, 1.165) is 54.9 Å². The minimum Gasteiger partial charge on any atom is -0.341 e. The zero-order chi connectivity index (χ0) is 20.8. The molecule has 0 saturated carbocycles. The number of aryl methyl sites for hydroxylation is 1. The van der Waals surface area contributed by atoms with Crippen LogP contribution in [0.5, 0.6) is 0 Å². The van der Waals surface area contributed by atoms with E-state index in [1.54, 1.807) is 0 Å². The van der Waals surface area contributed by atoms with Crippen molar-refractivity contribution < 1.29 is 4.79 Å². The number of aromatic nitrogens is 2. The average Bonchev–Trinajstić information content (AvgIpc) is 2.99. The molecule has 1 amide bonds. The molecule has 1 atom stereocenters. The number of nitrogens with zero attached hydrogens (tertiary/aromatic N) is 2. The Balaban J connectivity index is 1.61. The highest BCUT2D eigenvalue weighted by molar-refractivity contribution is 5.79. The van der Waals surface area contributed by atoms with Crippen LogP contribution >= 0.6 is 0 Å². The number of benzene rings is 1. The molecule has 1 spiro atoms. The smallest absolute Gasteiger partial charge is 0.254 e. The van der Waals surface area contributed by atoms with Gasteiger partial charge < -0.3 is 9.88 Å². The predicted octanol–water partition coefficient (Wildman–Crippen LogP) is 3.42. The van der Waals surface area contributed by atoms with Crippen molar-refractivity contribution in [2.75, 3.05) is 13.1 Å². The van der Waals surface area contributed by atoms with Crippen LogP contribution < -0.4 is 5.56 Å². The number of carbonyl (C=O) groups is 1. The van der Waals surface area contributed by atoms with Crippen LogP contribution in [-0.4, -0.2) is 33.9 Å². The zero-order valence-electron chi connectivity index (χ0n) is 18.0. The number of carbonyl (C=O) groups excluding carboxylic acids is 1. The number of piperidine rings is 1. The molecule has 1 N–H and O–H groups in total. The van der Waals surface area contributed by atoms with Crippen LogP contribution in [0.1, 0.15) is 68.2 Å². The molecule has 0 radical (unpaired) electrons. The van der Waals surface area contributed by atoms with Crippen molar-refractivity contribution in [3.63, 3.8) is 0 Å². The number of hydrogen-bond acceptors (Lipinski definition) is 3. The second-order valence-corrected chi connectivity index (χ2v) is 9.86. The lowest BCUT2D eigenvalue weighted by Gasteiger charge is -2.41. The SMILES string of the molecule is Cc1cccc(CC(=O)N2CCCC3(CCc4c3nc(C(C)(C)C)[nH]c4=O)C2)c1. The first kappa shape index (κ1) is 19.9. The Morgan fingerprint density at radius 3 is 2.79 bits per heavy atom. The van der Waals surface area contributed by atoms with E-state index in [4.69, 9.17) is 4.98 Å². The Bertz CT molecular complexity index is 1000. The van der Waals surface area contributed by atoms with E-state index >= 15 is 0 Å². The fourth-order valence-corrected chi connectivity index (χ4v) is 4.86. The van der Waals surface area contributed by atoms with Gasteiger partial charge in [0.15, 0.2) is 0 Å². The molecule has 5 nitrogen and oxygen atoms in total. The number of nitrogens with one attached hydrogen (secondary N) is 1. The Labute approximate surface area is 172 Å². The molecule has 1 aliphatic heterocycles. The van der Waals surface area contributed by atoms with E-state index in [1.165, 1.54) is 5.56 Å². The van der Waals surface area contributed by atoms with Crippen molar-refractivity contribution >= 4 is 5.91 Å². The van der Waals surface area contributed by atoms with Gasteiger partial charge in [0.2, 0.25) is 5.91 Å². The van der Waals surface area contributed by atoms with Gasteiger partial charge in [0, 0.05) is 29.5 Å². The summed E-state index contributed by atoms with van der Waals surface area (Å²) in [6.45, 7) is 9.71. The van der Waals surface area contributed by atoms with E-state index in [2.05, 4.69) is 44.8 Å². The maximum Gasteiger partial charge on any atom is 0.254 e. The highest BCUT2D eigenvalue weighted by Gasteiger charge is 2.46. The van der Waals surface area contributed by atoms with Crippen LogP contribution in [0, 0.1) is 6.92 Å². The lowest BCUT2D eigenvalue weighted by molar-refractivity contribution is -0.132. The third-order valence-corrected chi connectivity index (χ3v) is 6.45. The van der Waals surface area contributed by atoms with Gasteiger partial charge in [-0.3, -0.25) is 9.59 Å². The third kappa shape index (κ3) is 3.75. The largest absolute Gasteiger partial charge is 0.341 e. The van der Waals surface area contributed by atoms with Crippen LogP contribution in [0.15, 0.2) is 29.1 Å². The van der Waals surface area contributed by atoms with Gasteiger partial charge in [0.25, 0.3) is 5.56 Å². The van der Waals surface area contributed by atoms with Crippen molar-refractivity contribution in [2.24, 2.45) is 0 Å². The molecular formula is C24H31N3O2. The number of likely N-dealkylation sites (tertiary alicyclic amines) is 1. The second kappa shape index (κ2) is 7.12. The van der Waals surface area contributed by atoms with Gasteiger partial charge in [-0.05, 0) is 38.2 Å². The number of fused-ring (bicyclic) bond motifs is 2. The van der Waals surface area contributed by atoms with Gasteiger partial charge in [0.1, 0.15) is 5.82 Å². The number of H-pyrrole nitrogens is 1. The summed E-state index contributed by atoms with van der Waals surface area (Å²) in [5, 5.41) is 0. The van der Waals surface area contributed by atoms with Gasteiger partial charge in [-0.2, -0.15) is 0 Å². The molecule has 1 saturated heterocycles. The Morgan fingerprint density at radius 1 is 1.28 bits per heavy atom. The number of rotatable bonds is 2. The summed E-state index contributed by atoms with van der Waals surface area (Å²) in [6.07, 6.45) is 4.04. The van der Waals surface area contributed by atoms with Crippen LogP contribution in [0.4, 0.5) is 0 Å². The highest BCUT2D eigenvalue weighted by Crippen LogP contribution is 2.43. The Morgan fingerprint density at radius 2 is 2.07 bits per heavy atom. The lowest BCUT2D eigenvalue weighted by atomic mass is 9.77. The molecule has 1 aromatic heterocycles. The molecule has 29 heavy (non-hydrogen) atoms. The topological polar surface area (TPSA) is 66.1 Å². The van der Waals surface area contributed by atoms with Gasteiger partial charge in [-0.15, -0.1) is 0 Å². The molecule has 1 fully saturated rings. The number of aromatic amines is 1. The Hall–Kier alpha value is -2.43. The first-order chi connectivity index (χ1) is 13.7. The summed E-state index contributed by atoms with van der Waals surface area (Å²) in [5.74, 6) is 0.912.